The van der Waals surface area contributed by atoms with Gasteiger partial charge >= 0.3 is 0 Å². The molecule has 0 aliphatic heterocycles. The zero-order valence-corrected chi connectivity index (χ0v) is 6.19. The first kappa shape index (κ1) is 6.61. The van der Waals surface area contributed by atoms with E-state index in [2.05, 4.69) is 9.97 Å². The quantitative estimate of drug-likeness (QED) is 0.604. The zero-order valence-electron chi connectivity index (χ0n) is 5.44. The SMILES string of the molecule is Fc1ccc2c(Cl)c[nH]c2n1. The van der Waals surface area contributed by atoms with Crippen LogP contribution in [0.4, 0.5) is 4.39 Å². The molecule has 2 rings (SSSR count). The Labute approximate surface area is 67.0 Å². The molecule has 0 fully saturated rings. The maximum Gasteiger partial charge on any atom is 0.214 e. The molecular weight excluding hydrogens is 167 g/mol. The minimum Gasteiger partial charge on any atom is -0.345 e. The summed E-state index contributed by atoms with van der Waals surface area (Å²) < 4.78 is 12.5. The van der Waals surface area contributed by atoms with Gasteiger partial charge in [0.1, 0.15) is 5.65 Å². The number of H-pyrrole nitrogens is 1. The third kappa shape index (κ3) is 0.973. The van der Waals surface area contributed by atoms with Gasteiger partial charge in [-0.25, -0.2) is 4.98 Å². The second kappa shape index (κ2) is 2.20. The Balaban J connectivity index is 2.86. The highest BCUT2D eigenvalue weighted by Crippen LogP contribution is 2.20. The van der Waals surface area contributed by atoms with E-state index in [1.54, 1.807) is 12.3 Å². The Hall–Kier alpha value is -1.09. The number of aromatic amines is 1. The van der Waals surface area contributed by atoms with Crippen molar-refractivity contribution in [1.29, 1.82) is 0 Å². The number of halogens is 2. The number of fused-ring (bicyclic) bond motifs is 1. The summed E-state index contributed by atoms with van der Waals surface area (Å²) in [7, 11) is 0. The van der Waals surface area contributed by atoms with Crippen molar-refractivity contribution in [3.8, 4) is 0 Å². The summed E-state index contributed by atoms with van der Waals surface area (Å²) in [6, 6.07) is 2.87. The maximum absolute atomic E-state index is 12.5. The molecule has 11 heavy (non-hydrogen) atoms. The Bertz CT molecular complexity index is 396. The van der Waals surface area contributed by atoms with Crippen LogP contribution in [0, 0.1) is 5.95 Å². The average molecular weight is 171 g/mol. The molecule has 2 nitrogen and oxygen atoms in total. The van der Waals surface area contributed by atoms with Crippen molar-refractivity contribution in [2.45, 2.75) is 0 Å². The molecule has 2 heterocycles. The van der Waals surface area contributed by atoms with Crippen LogP contribution in [0.5, 0.6) is 0 Å². The molecule has 0 unspecified atom stereocenters. The minimum atomic E-state index is -0.504. The molecule has 0 saturated heterocycles. The van der Waals surface area contributed by atoms with Gasteiger partial charge in [-0.2, -0.15) is 4.39 Å². The topological polar surface area (TPSA) is 28.7 Å². The molecule has 0 radical (unpaired) electrons. The van der Waals surface area contributed by atoms with Crippen LogP contribution < -0.4 is 0 Å². The molecule has 0 aliphatic carbocycles. The summed E-state index contributed by atoms with van der Waals surface area (Å²) in [5.74, 6) is -0.504. The normalized spacial score (nSPS) is 10.7. The van der Waals surface area contributed by atoms with Crippen LogP contribution in [-0.2, 0) is 0 Å². The van der Waals surface area contributed by atoms with E-state index >= 15 is 0 Å². The van der Waals surface area contributed by atoms with E-state index in [9.17, 15) is 4.39 Å². The smallest absolute Gasteiger partial charge is 0.214 e. The van der Waals surface area contributed by atoms with Crippen LogP contribution in [0.2, 0.25) is 5.02 Å². The molecule has 0 amide bonds. The standard InChI is InChI=1S/C7H4ClFN2/c8-5-3-10-7-4(5)1-2-6(9)11-7/h1-3H,(H,10,11). The van der Waals surface area contributed by atoms with E-state index in [1.807, 2.05) is 0 Å². The maximum atomic E-state index is 12.5. The van der Waals surface area contributed by atoms with Gasteiger partial charge in [0.2, 0.25) is 5.95 Å². The van der Waals surface area contributed by atoms with E-state index in [4.69, 9.17) is 11.6 Å². The lowest BCUT2D eigenvalue weighted by molar-refractivity contribution is 0.588. The van der Waals surface area contributed by atoms with Gasteiger partial charge in [0, 0.05) is 11.6 Å². The largest absolute Gasteiger partial charge is 0.345 e. The second-order valence-electron chi connectivity index (χ2n) is 2.17. The molecule has 0 saturated carbocycles. The van der Waals surface area contributed by atoms with Crippen LogP contribution in [-0.4, -0.2) is 9.97 Å². The van der Waals surface area contributed by atoms with Crippen molar-refractivity contribution < 1.29 is 4.39 Å². The number of nitrogens with one attached hydrogen (secondary N) is 1. The lowest BCUT2D eigenvalue weighted by Gasteiger charge is -1.88. The molecule has 0 spiro atoms. The fraction of sp³-hybridized carbons (Fsp3) is 0. The van der Waals surface area contributed by atoms with Crippen LogP contribution >= 0.6 is 11.6 Å². The summed E-state index contributed by atoms with van der Waals surface area (Å²) in [5, 5.41) is 1.31. The average Bonchev–Trinajstić information content (AvgIpc) is 2.32. The Morgan fingerprint density at radius 1 is 1.45 bits per heavy atom. The van der Waals surface area contributed by atoms with Gasteiger partial charge in [0.05, 0.1) is 5.02 Å². The van der Waals surface area contributed by atoms with Gasteiger partial charge in [0.15, 0.2) is 0 Å². The fourth-order valence-corrected chi connectivity index (χ4v) is 1.15. The molecule has 0 atom stereocenters. The Morgan fingerprint density at radius 2 is 2.27 bits per heavy atom. The van der Waals surface area contributed by atoms with Crippen molar-refractivity contribution in [3.05, 3.63) is 29.3 Å². The van der Waals surface area contributed by atoms with Crippen molar-refractivity contribution in [2.24, 2.45) is 0 Å². The van der Waals surface area contributed by atoms with Crippen LogP contribution in [0.15, 0.2) is 18.3 Å². The van der Waals surface area contributed by atoms with E-state index in [-0.39, 0.29) is 0 Å². The third-order valence-corrected chi connectivity index (χ3v) is 1.77. The van der Waals surface area contributed by atoms with Gasteiger partial charge in [-0.15, -0.1) is 0 Å². The molecular formula is C7H4ClFN2. The summed E-state index contributed by atoms with van der Waals surface area (Å²) in [4.78, 5) is 6.34. The van der Waals surface area contributed by atoms with Gasteiger partial charge < -0.3 is 4.98 Å². The van der Waals surface area contributed by atoms with Crippen molar-refractivity contribution in [1.82, 2.24) is 9.97 Å². The van der Waals surface area contributed by atoms with Crippen molar-refractivity contribution in [3.63, 3.8) is 0 Å². The molecule has 0 bridgehead atoms. The number of nitrogens with zero attached hydrogens (tertiary/aromatic N) is 1. The monoisotopic (exact) mass is 170 g/mol. The van der Waals surface area contributed by atoms with E-state index in [0.717, 1.165) is 5.39 Å². The first-order valence-corrected chi connectivity index (χ1v) is 3.44. The van der Waals surface area contributed by atoms with Crippen LogP contribution in [0.1, 0.15) is 0 Å². The first-order chi connectivity index (χ1) is 5.27. The van der Waals surface area contributed by atoms with Crippen LogP contribution in [0.25, 0.3) is 11.0 Å². The number of hydrogen-bond donors (Lipinski definition) is 1. The first-order valence-electron chi connectivity index (χ1n) is 3.06. The number of rotatable bonds is 0. The fourth-order valence-electron chi connectivity index (χ4n) is 0.948. The van der Waals surface area contributed by atoms with Crippen molar-refractivity contribution in [2.75, 3.05) is 0 Å². The predicted octanol–water partition coefficient (Wildman–Crippen LogP) is 2.36. The van der Waals surface area contributed by atoms with Gasteiger partial charge in [-0.1, -0.05) is 11.6 Å². The molecule has 56 valence electrons. The number of pyridine rings is 1. The lowest BCUT2D eigenvalue weighted by atomic mass is 10.3. The molecule has 2 aromatic heterocycles. The van der Waals surface area contributed by atoms with E-state index in [0.29, 0.717) is 10.7 Å². The summed E-state index contributed by atoms with van der Waals surface area (Å²) >= 11 is 5.73. The van der Waals surface area contributed by atoms with Crippen molar-refractivity contribution >= 4 is 22.6 Å². The highest BCUT2D eigenvalue weighted by molar-refractivity contribution is 6.35. The number of aromatic nitrogens is 2. The highest BCUT2D eigenvalue weighted by Gasteiger charge is 2.01. The van der Waals surface area contributed by atoms with E-state index < -0.39 is 5.95 Å². The zero-order chi connectivity index (χ0) is 7.84. The molecule has 0 aromatic carbocycles. The number of hydrogen-bond acceptors (Lipinski definition) is 1. The molecule has 4 heteroatoms. The summed E-state index contributed by atoms with van der Waals surface area (Å²) in [6.45, 7) is 0. The van der Waals surface area contributed by atoms with E-state index in [1.165, 1.54) is 6.07 Å². The predicted molar refractivity (Wildman–Crippen MR) is 41.1 cm³/mol. The highest BCUT2D eigenvalue weighted by atomic mass is 35.5. The minimum absolute atomic E-state index is 0.481. The Kier molecular flexibility index (Phi) is 1.32. The summed E-state index contributed by atoms with van der Waals surface area (Å²) in [6.07, 6.45) is 1.58. The molecule has 0 aliphatic rings. The van der Waals surface area contributed by atoms with Gasteiger partial charge in [0.25, 0.3) is 0 Å². The van der Waals surface area contributed by atoms with Gasteiger partial charge in [-0.3, -0.25) is 0 Å². The van der Waals surface area contributed by atoms with Gasteiger partial charge in [-0.05, 0) is 12.1 Å². The Morgan fingerprint density at radius 3 is 3.09 bits per heavy atom. The molecule has 1 N–H and O–H groups in total. The third-order valence-electron chi connectivity index (χ3n) is 1.45. The molecule has 2 aromatic rings. The summed E-state index contributed by atoms with van der Waals surface area (Å²) in [5.41, 5.74) is 0.481. The lowest BCUT2D eigenvalue weighted by Crippen LogP contribution is -1.80. The second-order valence-corrected chi connectivity index (χ2v) is 2.57. The van der Waals surface area contributed by atoms with Crippen LogP contribution in [0.3, 0.4) is 0 Å².